The van der Waals surface area contributed by atoms with Crippen molar-refractivity contribution in [3.63, 3.8) is 0 Å². The van der Waals surface area contributed by atoms with E-state index in [1.807, 2.05) is 6.07 Å². The fourth-order valence-electron chi connectivity index (χ4n) is 2.08. The molecule has 98 valence electrons. The summed E-state index contributed by atoms with van der Waals surface area (Å²) >= 11 is 3.32. The molecule has 0 fully saturated rings. The minimum atomic E-state index is -0.0277. The van der Waals surface area contributed by atoms with E-state index in [0.29, 0.717) is 0 Å². The maximum Gasteiger partial charge on any atom is 0.129 e. The molecule has 3 rings (SSSR count). The lowest BCUT2D eigenvalue weighted by Gasteiger charge is -2.03. The molecular weight excluding hydrogens is 276 g/mol. The van der Waals surface area contributed by atoms with Crippen LogP contribution < -0.4 is 0 Å². The number of aliphatic hydroxyl groups excluding tert-OH is 1. The number of hydrogen-bond acceptors (Lipinski definition) is 5. The van der Waals surface area contributed by atoms with E-state index in [2.05, 4.69) is 33.7 Å². The Morgan fingerprint density at radius 1 is 1.26 bits per heavy atom. The summed E-state index contributed by atoms with van der Waals surface area (Å²) in [5, 5.41) is 13.7. The lowest BCUT2D eigenvalue weighted by Crippen LogP contribution is -1.99. The van der Waals surface area contributed by atoms with Gasteiger partial charge < -0.3 is 5.11 Å². The maximum absolute atomic E-state index is 9.49. The predicted molar refractivity (Wildman–Crippen MR) is 80.6 cm³/mol. The van der Waals surface area contributed by atoms with E-state index in [-0.39, 0.29) is 6.61 Å². The first-order valence-electron chi connectivity index (χ1n) is 6.25. The van der Waals surface area contributed by atoms with Gasteiger partial charge in [0.15, 0.2) is 0 Å². The third-order valence-electron chi connectivity index (χ3n) is 2.94. The second kappa shape index (κ2) is 5.36. The van der Waals surface area contributed by atoms with Gasteiger partial charge in [-0.1, -0.05) is 13.0 Å². The third-order valence-corrected chi connectivity index (χ3v) is 4.86. The van der Waals surface area contributed by atoms with Gasteiger partial charge in [0.2, 0.25) is 0 Å². The summed E-state index contributed by atoms with van der Waals surface area (Å²) in [6, 6.07) is 4.15. The van der Waals surface area contributed by atoms with Gasteiger partial charge in [-0.15, -0.1) is 22.7 Å². The summed E-state index contributed by atoms with van der Waals surface area (Å²) in [7, 11) is 0. The molecule has 0 radical (unpaired) electrons. The average molecular weight is 290 g/mol. The number of aromatic nitrogens is 2. The molecule has 3 aromatic rings. The molecule has 3 nitrogen and oxygen atoms in total. The Kier molecular flexibility index (Phi) is 3.59. The molecule has 0 spiro atoms. The van der Waals surface area contributed by atoms with Crippen LogP contribution in [0.25, 0.3) is 20.7 Å². The minimum absolute atomic E-state index is 0.0277. The van der Waals surface area contributed by atoms with Gasteiger partial charge in [-0.05, 0) is 17.9 Å². The van der Waals surface area contributed by atoms with E-state index in [9.17, 15) is 5.11 Å². The van der Waals surface area contributed by atoms with Crippen molar-refractivity contribution in [3.8, 4) is 10.4 Å². The van der Waals surface area contributed by atoms with Crippen LogP contribution in [0, 0.1) is 0 Å². The summed E-state index contributed by atoms with van der Waals surface area (Å²) in [5.74, 6) is 0.829. The van der Waals surface area contributed by atoms with E-state index in [4.69, 9.17) is 0 Å². The number of fused-ring (bicyclic) bond motifs is 1. The summed E-state index contributed by atoms with van der Waals surface area (Å²) in [6.45, 7) is 2.08. The third kappa shape index (κ3) is 2.29. The Balaban J connectivity index is 2.23. The molecule has 0 aliphatic carbocycles. The quantitative estimate of drug-likeness (QED) is 0.793. The van der Waals surface area contributed by atoms with Crippen molar-refractivity contribution in [3.05, 3.63) is 34.4 Å². The lowest BCUT2D eigenvalue weighted by atomic mass is 10.2. The maximum atomic E-state index is 9.49. The fourth-order valence-corrected chi connectivity index (χ4v) is 3.88. The SMILES string of the molecule is CCCc1nc(CO)c2scc(-c3cccs3)c2n1. The van der Waals surface area contributed by atoms with Gasteiger partial charge in [-0.3, -0.25) is 0 Å². The van der Waals surface area contributed by atoms with Crippen LogP contribution in [-0.2, 0) is 13.0 Å². The molecule has 0 aliphatic heterocycles. The number of nitrogens with zero attached hydrogens (tertiary/aromatic N) is 2. The number of aliphatic hydroxyl groups is 1. The number of hydrogen-bond donors (Lipinski definition) is 1. The van der Waals surface area contributed by atoms with Crippen LogP contribution in [0.5, 0.6) is 0 Å². The first kappa shape index (κ1) is 12.7. The molecule has 5 heteroatoms. The summed E-state index contributed by atoms with van der Waals surface area (Å²) in [5.41, 5.74) is 2.89. The molecule has 0 unspecified atom stereocenters. The Labute approximate surface area is 119 Å². The van der Waals surface area contributed by atoms with Gasteiger partial charge in [0.1, 0.15) is 5.82 Å². The molecule has 0 amide bonds. The molecular formula is C14H14N2OS2. The van der Waals surface area contributed by atoms with Crippen LogP contribution in [-0.4, -0.2) is 15.1 Å². The fraction of sp³-hybridized carbons (Fsp3) is 0.286. The Morgan fingerprint density at radius 2 is 2.16 bits per heavy atom. The lowest BCUT2D eigenvalue weighted by molar-refractivity contribution is 0.278. The van der Waals surface area contributed by atoms with Crippen LogP contribution in [0.1, 0.15) is 24.9 Å². The first-order chi connectivity index (χ1) is 9.33. The highest BCUT2D eigenvalue weighted by Gasteiger charge is 2.14. The van der Waals surface area contributed by atoms with Gasteiger partial charge in [0.25, 0.3) is 0 Å². The van der Waals surface area contributed by atoms with E-state index in [1.165, 1.54) is 4.88 Å². The molecule has 0 atom stereocenters. The Morgan fingerprint density at radius 3 is 2.84 bits per heavy atom. The summed E-state index contributed by atoms with van der Waals surface area (Å²) < 4.78 is 1.01. The molecule has 19 heavy (non-hydrogen) atoms. The van der Waals surface area contributed by atoms with Crippen LogP contribution in [0.15, 0.2) is 22.9 Å². The van der Waals surface area contributed by atoms with Crippen LogP contribution in [0.3, 0.4) is 0 Å². The van der Waals surface area contributed by atoms with Crippen LogP contribution >= 0.6 is 22.7 Å². The van der Waals surface area contributed by atoms with Gasteiger partial charge in [-0.25, -0.2) is 9.97 Å². The van der Waals surface area contributed by atoms with Crippen molar-refractivity contribution in [2.24, 2.45) is 0 Å². The average Bonchev–Trinajstić information content (AvgIpc) is 3.06. The van der Waals surface area contributed by atoms with Crippen molar-refractivity contribution in [2.75, 3.05) is 0 Å². The molecule has 0 aliphatic rings. The second-order valence-electron chi connectivity index (χ2n) is 4.30. The minimum Gasteiger partial charge on any atom is -0.390 e. The zero-order chi connectivity index (χ0) is 13.2. The molecule has 0 saturated carbocycles. The number of aryl methyl sites for hydroxylation is 1. The molecule has 0 saturated heterocycles. The monoisotopic (exact) mass is 290 g/mol. The standard InChI is InChI=1S/C14H14N2OS2/c1-2-4-12-15-10(7-17)14-13(16-12)9(8-19-14)11-5-3-6-18-11/h3,5-6,8,17H,2,4,7H2,1H3. The van der Waals surface area contributed by atoms with Gasteiger partial charge in [0.05, 0.1) is 22.5 Å². The highest BCUT2D eigenvalue weighted by atomic mass is 32.1. The van der Waals surface area contributed by atoms with Crippen molar-refractivity contribution in [2.45, 2.75) is 26.4 Å². The highest BCUT2D eigenvalue weighted by Crippen LogP contribution is 2.36. The van der Waals surface area contributed by atoms with E-state index >= 15 is 0 Å². The van der Waals surface area contributed by atoms with E-state index in [0.717, 1.165) is 40.1 Å². The van der Waals surface area contributed by atoms with Crippen molar-refractivity contribution < 1.29 is 5.11 Å². The number of thiophene rings is 2. The van der Waals surface area contributed by atoms with Gasteiger partial charge >= 0.3 is 0 Å². The smallest absolute Gasteiger partial charge is 0.129 e. The molecule has 0 bridgehead atoms. The van der Waals surface area contributed by atoms with Crippen molar-refractivity contribution in [1.29, 1.82) is 0 Å². The molecule has 3 aromatic heterocycles. The van der Waals surface area contributed by atoms with Crippen LogP contribution in [0.2, 0.25) is 0 Å². The Bertz CT molecular complexity index is 689. The van der Waals surface area contributed by atoms with E-state index < -0.39 is 0 Å². The van der Waals surface area contributed by atoms with Crippen molar-refractivity contribution in [1.82, 2.24) is 9.97 Å². The van der Waals surface area contributed by atoms with Crippen LogP contribution in [0.4, 0.5) is 0 Å². The second-order valence-corrected chi connectivity index (χ2v) is 6.13. The van der Waals surface area contributed by atoms with Crippen molar-refractivity contribution >= 4 is 32.9 Å². The van der Waals surface area contributed by atoms with Gasteiger partial charge in [-0.2, -0.15) is 0 Å². The molecule has 1 N–H and O–H groups in total. The zero-order valence-electron chi connectivity index (χ0n) is 10.6. The summed E-state index contributed by atoms with van der Waals surface area (Å²) in [6.07, 6.45) is 1.86. The zero-order valence-corrected chi connectivity index (χ0v) is 12.2. The summed E-state index contributed by atoms with van der Waals surface area (Å²) in [4.78, 5) is 10.4. The largest absolute Gasteiger partial charge is 0.390 e. The topological polar surface area (TPSA) is 46.0 Å². The number of rotatable bonds is 4. The highest BCUT2D eigenvalue weighted by molar-refractivity contribution is 7.19. The van der Waals surface area contributed by atoms with E-state index in [1.54, 1.807) is 22.7 Å². The first-order valence-corrected chi connectivity index (χ1v) is 8.01. The Hall–Kier alpha value is -1.30. The molecule has 3 heterocycles. The molecule has 0 aromatic carbocycles. The predicted octanol–water partition coefficient (Wildman–Crippen LogP) is 3.86. The van der Waals surface area contributed by atoms with Gasteiger partial charge in [0, 0.05) is 22.2 Å². The normalized spacial score (nSPS) is 11.3.